The number of hydrazine groups is 1. The van der Waals surface area contributed by atoms with Crippen molar-refractivity contribution in [2.75, 3.05) is 12.0 Å². The lowest BCUT2D eigenvalue weighted by molar-refractivity contribution is 0.236. The van der Waals surface area contributed by atoms with Gasteiger partial charge in [0.05, 0.1) is 7.11 Å². The summed E-state index contributed by atoms with van der Waals surface area (Å²) in [5, 5.41) is 0. The Kier molecular flexibility index (Phi) is 4.81. The molecule has 1 atom stereocenters. The molecule has 20 heavy (non-hydrogen) atoms. The Morgan fingerprint density at radius 3 is 2.40 bits per heavy atom. The van der Waals surface area contributed by atoms with Crippen LogP contribution in [0.25, 0.3) is 0 Å². The second-order valence-corrected chi connectivity index (χ2v) is 8.10. The van der Waals surface area contributed by atoms with Crippen molar-refractivity contribution in [3.63, 3.8) is 0 Å². The number of methoxy groups -OCH3 is 1. The molecule has 1 aliphatic rings. The van der Waals surface area contributed by atoms with Gasteiger partial charge < -0.3 is 4.74 Å². The van der Waals surface area contributed by atoms with E-state index in [4.69, 9.17) is 39.5 Å². The van der Waals surface area contributed by atoms with E-state index in [0.29, 0.717) is 5.75 Å². The first-order valence-electron chi connectivity index (χ1n) is 5.61. The highest BCUT2D eigenvalue weighted by atomic mass is 35.6. The lowest BCUT2D eigenvalue weighted by Gasteiger charge is -2.20. The fourth-order valence-electron chi connectivity index (χ4n) is 1.79. The van der Waals surface area contributed by atoms with Crippen molar-refractivity contribution in [3.8, 4) is 5.75 Å². The van der Waals surface area contributed by atoms with Gasteiger partial charge in [0.1, 0.15) is 11.9 Å². The number of rotatable bonds is 3. The van der Waals surface area contributed by atoms with E-state index in [1.807, 2.05) is 6.92 Å². The fraction of sp³-hybridized carbons (Fsp3) is 0.364. The van der Waals surface area contributed by atoms with Gasteiger partial charge in [-0.25, -0.2) is 4.79 Å². The van der Waals surface area contributed by atoms with E-state index in [2.05, 4.69) is 5.43 Å². The van der Waals surface area contributed by atoms with E-state index in [1.165, 1.54) is 4.41 Å². The highest BCUT2D eigenvalue weighted by Crippen LogP contribution is 2.42. The zero-order valence-corrected chi connectivity index (χ0v) is 13.7. The maximum absolute atomic E-state index is 12.3. The normalized spacial score (nSPS) is 19.6. The molecule has 1 aromatic carbocycles. The van der Waals surface area contributed by atoms with Crippen LogP contribution in [0.5, 0.6) is 5.75 Å². The molecule has 0 aliphatic carbocycles. The third kappa shape index (κ3) is 3.56. The van der Waals surface area contributed by atoms with Gasteiger partial charge >= 0.3 is 6.03 Å². The van der Waals surface area contributed by atoms with Crippen LogP contribution in [0.15, 0.2) is 24.3 Å². The second kappa shape index (κ2) is 6.07. The number of amides is 2. The molecule has 5 nitrogen and oxygen atoms in total. The standard InChI is InChI=1S/C11H12Cl3N3O2S/c1-7-15-17(20-11(12,13)14)10(18)16(7)8-3-5-9(19-2)6-4-8/h3-7,15H,1-2H3. The van der Waals surface area contributed by atoms with E-state index in [0.717, 1.165) is 17.6 Å². The number of carbonyl (C=O) groups is 1. The number of hydrogen-bond acceptors (Lipinski definition) is 4. The van der Waals surface area contributed by atoms with Gasteiger partial charge in [0, 0.05) is 17.6 Å². The highest BCUT2D eigenvalue weighted by molar-refractivity contribution is 8.03. The topological polar surface area (TPSA) is 44.8 Å². The number of ether oxygens (including phenoxy) is 1. The summed E-state index contributed by atoms with van der Waals surface area (Å²) in [4.78, 5) is 13.9. The van der Waals surface area contributed by atoms with Gasteiger partial charge in [0.15, 0.2) is 0 Å². The number of anilines is 1. The monoisotopic (exact) mass is 355 g/mol. The van der Waals surface area contributed by atoms with Gasteiger partial charge in [0.2, 0.25) is 0 Å². The minimum Gasteiger partial charge on any atom is -0.497 e. The predicted molar refractivity (Wildman–Crippen MR) is 83.2 cm³/mol. The van der Waals surface area contributed by atoms with Crippen molar-refractivity contribution in [3.05, 3.63) is 24.3 Å². The van der Waals surface area contributed by atoms with E-state index < -0.39 is 3.12 Å². The van der Waals surface area contributed by atoms with Gasteiger partial charge in [-0.3, -0.25) is 4.90 Å². The molecule has 0 saturated carbocycles. The number of urea groups is 1. The number of nitrogens with zero attached hydrogens (tertiary/aromatic N) is 2. The van der Waals surface area contributed by atoms with Crippen LogP contribution in [0, 0.1) is 0 Å². The van der Waals surface area contributed by atoms with Gasteiger partial charge in [-0.15, -0.1) is 0 Å². The van der Waals surface area contributed by atoms with Crippen LogP contribution in [0.4, 0.5) is 10.5 Å². The number of carbonyl (C=O) groups excluding carboxylic acids is 1. The van der Waals surface area contributed by atoms with Crippen LogP contribution < -0.4 is 15.1 Å². The Labute approximate surface area is 136 Å². The molecule has 0 aromatic heterocycles. The van der Waals surface area contributed by atoms with Gasteiger partial charge in [-0.1, -0.05) is 34.8 Å². The van der Waals surface area contributed by atoms with E-state index in [9.17, 15) is 4.79 Å². The molecule has 1 heterocycles. The SMILES string of the molecule is COc1ccc(N2C(=O)N(SC(Cl)(Cl)Cl)NC2C)cc1. The third-order valence-corrected chi connectivity index (χ3v) is 3.89. The smallest absolute Gasteiger partial charge is 0.350 e. The van der Waals surface area contributed by atoms with Crippen molar-refractivity contribution >= 4 is 58.5 Å². The average Bonchev–Trinajstić information content (AvgIpc) is 2.63. The molecule has 1 saturated heterocycles. The summed E-state index contributed by atoms with van der Waals surface area (Å²) in [6, 6.07) is 6.83. The van der Waals surface area contributed by atoms with Gasteiger partial charge in [0.25, 0.3) is 3.12 Å². The van der Waals surface area contributed by atoms with Crippen LogP contribution in [0.2, 0.25) is 0 Å². The summed E-state index contributed by atoms with van der Waals surface area (Å²) >= 11 is 17.8. The molecule has 9 heteroatoms. The lowest BCUT2D eigenvalue weighted by Crippen LogP contribution is -2.34. The summed E-state index contributed by atoms with van der Waals surface area (Å²) in [6.07, 6.45) is -0.254. The van der Waals surface area contributed by atoms with Crippen LogP contribution in [0.3, 0.4) is 0 Å². The fourth-order valence-corrected chi connectivity index (χ4v) is 2.99. The summed E-state index contributed by atoms with van der Waals surface area (Å²) in [5.41, 5.74) is 3.65. The quantitative estimate of drug-likeness (QED) is 0.661. The molecule has 2 amide bonds. The molecule has 110 valence electrons. The van der Waals surface area contributed by atoms with E-state index in [-0.39, 0.29) is 12.2 Å². The van der Waals surface area contributed by atoms with Crippen molar-refractivity contribution in [2.24, 2.45) is 0 Å². The summed E-state index contributed by atoms with van der Waals surface area (Å²) in [6.45, 7) is 1.83. The number of halogens is 3. The number of alkyl halides is 3. The minimum absolute atomic E-state index is 0.254. The molecule has 0 spiro atoms. The Morgan fingerprint density at radius 2 is 1.90 bits per heavy atom. The van der Waals surface area contributed by atoms with Crippen molar-refractivity contribution < 1.29 is 9.53 Å². The zero-order chi connectivity index (χ0) is 14.9. The second-order valence-electron chi connectivity index (χ2n) is 3.99. The van der Waals surface area contributed by atoms with Gasteiger partial charge in [-0.05, 0) is 31.2 Å². The Morgan fingerprint density at radius 1 is 1.30 bits per heavy atom. The summed E-state index contributed by atoms with van der Waals surface area (Å²) < 4.78 is 4.68. The van der Waals surface area contributed by atoms with Gasteiger partial charge in [-0.2, -0.15) is 9.84 Å². The van der Waals surface area contributed by atoms with Crippen LogP contribution in [-0.2, 0) is 0 Å². The molecule has 0 bridgehead atoms. The maximum Gasteiger partial charge on any atom is 0.350 e. The first kappa shape index (κ1) is 15.9. The summed E-state index contributed by atoms with van der Waals surface area (Å²) in [7, 11) is 1.58. The van der Waals surface area contributed by atoms with E-state index in [1.54, 1.807) is 36.3 Å². The number of hydrogen-bond donors (Lipinski definition) is 1. The molecule has 1 aromatic rings. The predicted octanol–water partition coefficient (Wildman–Crippen LogP) is 3.76. The molecular formula is C11H12Cl3N3O2S. The van der Waals surface area contributed by atoms with Crippen molar-refractivity contribution in [1.29, 1.82) is 0 Å². The Hall–Kier alpha value is -0.530. The molecule has 2 rings (SSSR count). The number of nitrogens with one attached hydrogen (secondary N) is 1. The third-order valence-electron chi connectivity index (χ3n) is 2.62. The first-order chi connectivity index (χ1) is 9.31. The molecular weight excluding hydrogens is 345 g/mol. The Balaban J connectivity index is 2.17. The van der Waals surface area contributed by atoms with Crippen molar-refractivity contribution in [2.45, 2.75) is 16.2 Å². The van der Waals surface area contributed by atoms with Crippen LogP contribution in [0.1, 0.15) is 6.92 Å². The van der Waals surface area contributed by atoms with E-state index >= 15 is 0 Å². The molecule has 0 radical (unpaired) electrons. The largest absolute Gasteiger partial charge is 0.497 e. The molecule has 1 fully saturated rings. The maximum atomic E-state index is 12.3. The van der Waals surface area contributed by atoms with Crippen molar-refractivity contribution in [1.82, 2.24) is 9.84 Å². The Bertz CT molecular complexity index is 495. The zero-order valence-electron chi connectivity index (χ0n) is 10.6. The molecule has 1 N–H and O–H groups in total. The summed E-state index contributed by atoms with van der Waals surface area (Å²) in [5.74, 6) is 0.716. The van der Waals surface area contributed by atoms with Crippen LogP contribution in [-0.4, -0.2) is 26.8 Å². The average molecular weight is 357 g/mol. The number of benzene rings is 1. The molecule has 1 aliphatic heterocycles. The highest BCUT2D eigenvalue weighted by Gasteiger charge is 2.40. The lowest BCUT2D eigenvalue weighted by atomic mass is 10.2. The minimum atomic E-state index is -1.61. The molecule has 1 unspecified atom stereocenters. The van der Waals surface area contributed by atoms with Crippen LogP contribution >= 0.6 is 46.8 Å². The first-order valence-corrected chi connectivity index (χ1v) is 7.52.